The molecule has 5 heteroatoms. The second-order valence-corrected chi connectivity index (χ2v) is 4.74. The van der Waals surface area contributed by atoms with E-state index in [0.717, 1.165) is 6.54 Å². The van der Waals surface area contributed by atoms with Crippen LogP contribution in [0.4, 0.5) is 0 Å². The topological polar surface area (TPSA) is 71.3 Å². The van der Waals surface area contributed by atoms with Crippen LogP contribution in [0.1, 0.15) is 25.3 Å². The number of amides is 1. The summed E-state index contributed by atoms with van der Waals surface area (Å²) in [7, 11) is 0. The van der Waals surface area contributed by atoms with Crippen LogP contribution < -0.4 is 14.8 Å². The highest BCUT2D eigenvalue weighted by Gasteiger charge is 2.21. The summed E-state index contributed by atoms with van der Waals surface area (Å²) < 4.78 is 10.9. The number of carbonyl (C=O) groups excluding carboxylic acids is 1. The molecule has 1 aliphatic rings. The summed E-state index contributed by atoms with van der Waals surface area (Å²) in [6, 6.07) is 6.94. The highest BCUT2D eigenvalue weighted by Crippen LogP contribution is 2.29. The van der Waals surface area contributed by atoms with Crippen molar-refractivity contribution in [3.63, 3.8) is 0 Å². The fourth-order valence-electron chi connectivity index (χ4n) is 1.74. The minimum Gasteiger partial charge on any atom is -0.490 e. The third-order valence-electron chi connectivity index (χ3n) is 3.02. The zero-order chi connectivity index (χ0) is 14.4. The lowest BCUT2D eigenvalue weighted by Crippen LogP contribution is -2.30. The molecular weight excluding hydrogens is 256 g/mol. The van der Waals surface area contributed by atoms with E-state index in [1.165, 1.54) is 12.8 Å². The smallest absolute Gasteiger partial charge is 0.257 e. The quantitative estimate of drug-likeness (QED) is 0.823. The van der Waals surface area contributed by atoms with Crippen LogP contribution in [0.15, 0.2) is 18.2 Å². The number of hydrogen-bond donors (Lipinski definition) is 1. The predicted molar refractivity (Wildman–Crippen MR) is 73.6 cm³/mol. The van der Waals surface area contributed by atoms with E-state index in [4.69, 9.17) is 14.7 Å². The molecule has 0 aliphatic heterocycles. The molecule has 1 fully saturated rings. The molecule has 20 heavy (non-hydrogen) atoms. The van der Waals surface area contributed by atoms with Gasteiger partial charge in [0.2, 0.25) is 0 Å². The predicted octanol–water partition coefficient (Wildman–Crippen LogP) is 1.86. The SMILES string of the molecule is CCOc1cc(C#N)ccc1OCC(=O)NCC1CC1. The summed E-state index contributed by atoms with van der Waals surface area (Å²) in [5, 5.41) is 11.7. The fourth-order valence-corrected chi connectivity index (χ4v) is 1.74. The van der Waals surface area contributed by atoms with Crippen molar-refractivity contribution in [3.8, 4) is 17.6 Å². The zero-order valence-corrected chi connectivity index (χ0v) is 11.5. The van der Waals surface area contributed by atoms with Crippen LogP contribution in [0.3, 0.4) is 0 Å². The molecule has 0 spiro atoms. The van der Waals surface area contributed by atoms with Crippen molar-refractivity contribution in [1.82, 2.24) is 5.32 Å². The minimum atomic E-state index is -0.135. The van der Waals surface area contributed by atoms with Crippen molar-refractivity contribution in [2.24, 2.45) is 5.92 Å². The molecule has 1 amide bonds. The molecule has 0 bridgehead atoms. The average Bonchev–Trinajstić information content (AvgIpc) is 3.28. The maximum absolute atomic E-state index is 11.6. The van der Waals surface area contributed by atoms with Gasteiger partial charge in [-0.3, -0.25) is 4.79 Å². The molecule has 1 N–H and O–H groups in total. The van der Waals surface area contributed by atoms with Crippen molar-refractivity contribution < 1.29 is 14.3 Å². The maximum Gasteiger partial charge on any atom is 0.257 e. The molecule has 0 radical (unpaired) electrons. The first-order chi connectivity index (χ1) is 9.72. The zero-order valence-electron chi connectivity index (χ0n) is 11.5. The van der Waals surface area contributed by atoms with Crippen LogP contribution in [-0.4, -0.2) is 25.7 Å². The Balaban J connectivity index is 1.90. The van der Waals surface area contributed by atoms with Crippen LogP contribution in [0, 0.1) is 17.2 Å². The Hall–Kier alpha value is -2.22. The van der Waals surface area contributed by atoms with E-state index >= 15 is 0 Å². The van der Waals surface area contributed by atoms with Gasteiger partial charge in [-0.2, -0.15) is 5.26 Å². The maximum atomic E-state index is 11.6. The van der Waals surface area contributed by atoms with Gasteiger partial charge in [-0.15, -0.1) is 0 Å². The second-order valence-electron chi connectivity index (χ2n) is 4.74. The lowest BCUT2D eigenvalue weighted by Gasteiger charge is -2.12. The van der Waals surface area contributed by atoms with Gasteiger partial charge in [0.15, 0.2) is 18.1 Å². The molecule has 0 atom stereocenters. The Bertz CT molecular complexity index is 518. The number of carbonyl (C=O) groups is 1. The summed E-state index contributed by atoms with van der Waals surface area (Å²) >= 11 is 0. The van der Waals surface area contributed by atoms with Crippen LogP contribution in [0.5, 0.6) is 11.5 Å². The number of hydrogen-bond acceptors (Lipinski definition) is 4. The average molecular weight is 274 g/mol. The van der Waals surface area contributed by atoms with Crippen LogP contribution in [0.2, 0.25) is 0 Å². The lowest BCUT2D eigenvalue weighted by atomic mass is 10.2. The van der Waals surface area contributed by atoms with E-state index < -0.39 is 0 Å². The third-order valence-corrected chi connectivity index (χ3v) is 3.02. The third kappa shape index (κ3) is 4.16. The molecule has 106 valence electrons. The van der Waals surface area contributed by atoms with Gasteiger partial charge in [0.1, 0.15) is 0 Å². The van der Waals surface area contributed by atoms with Gasteiger partial charge >= 0.3 is 0 Å². The Morgan fingerprint density at radius 2 is 2.20 bits per heavy atom. The first-order valence-corrected chi connectivity index (χ1v) is 6.79. The van der Waals surface area contributed by atoms with Crippen molar-refractivity contribution >= 4 is 5.91 Å². The molecule has 0 aromatic heterocycles. The van der Waals surface area contributed by atoms with E-state index in [2.05, 4.69) is 5.32 Å². The Labute approximate surface area is 118 Å². The number of ether oxygens (including phenoxy) is 2. The van der Waals surface area contributed by atoms with Crippen LogP contribution in [0.25, 0.3) is 0 Å². The number of nitrogens with one attached hydrogen (secondary N) is 1. The number of nitrogens with zero attached hydrogens (tertiary/aromatic N) is 1. The van der Waals surface area contributed by atoms with E-state index in [9.17, 15) is 4.79 Å². The minimum absolute atomic E-state index is 0.0430. The molecule has 0 heterocycles. The van der Waals surface area contributed by atoms with Crippen molar-refractivity contribution in [1.29, 1.82) is 5.26 Å². The summed E-state index contributed by atoms with van der Waals surface area (Å²) in [4.78, 5) is 11.6. The monoisotopic (exact) mass is 274 g/mol. The van der Waals surface area contributed by atoms with Crippen molar-refractivity contribution in [3.05, 3.63) is 23.8 Å². The molecule has 1 aliphatic carbocycles. The summed E-state index contributed by atoms with van der Waals surface area (Å²) in [5.41, 5.74) is 0.499. The molecular formula is C15H18N2O3. The van der Waals surface area contributed by atoms with Gasteiger partial charge in [-0.05, 0) is 37.8 Å². The van der Waals surface area contributed by atoms with Crippen molar-refractivity contribution in [2.45, 2.75) is 19.8 Å². The Kier molecular flexibility index (Phi) is 4.83. The van der Waals surface area contributed by atoms with Gasteiger partial charge in [-0.1, -0.05) is 0 Å². The lowest BCUT2D eigenvalue weighted by molar-refractivity contribution is -0.123. The molecule has 5 nitrogen and oxygen atoms in total. The van der Waals surface area contributed by atoms with Gasteiger partial charge in [0, 0.05) is 12.6 Å². The van der Waals surface area contributed by atoms with E-state index in [1.54, 1.807) is 18.2 Å². The molecule has 1 aromatic carbocycles. The number of rotatable bonds is 7. The Morgan fingerprint density at radius 3 is 2.85 bits per heavy atom. The van der Waals surface area contributed by atoms with Crippen molar-refractivity contribution in [2.75, 3.05) is 19.8 Å². The standard InChI is InChI=1S/C15H18N2O3/c1-2-19-14-7-12(8-16)5-6-13(14)20-10-15(18)17-9-11-3-4-11/h5-7,11H,2-4,9-10H2,1H3,(H,17,18). The number of benzene rings is 1. The van der Waals surface area contributed by atoms with E-state index in [-0.39, 0.29) is 12.5 Å². The highest BCUT2D eigenvalue weighted by atomic mass is 16.5. The second kappa shape index (κ2) is 6.80. The first-order valence-electron chi connectivity index (χ1n) is 6.79. The van der Waals surface area contributed by atoms with Gasteiger partial charge in [-0.25, -0.2) is 0 Å². The normalized spacial score (nSPS) is 13.4. The molecule has 1 saturated carbocycles. The first kappa shape index (κ1) is 14.2. The summed E-state index contributed by atoms with van der Waals surface area (Å²) in [6.07, 6.45) is 2.40. The van der Waals surface area contributed by atoms with E-state index in [0.29, 0.717) is 29.6 Å². The molecule has 2 rings (SSSR count). The Morgan fingerprint density at radius 1 is 1.40 bits per heavy atom. The van der Waals surface area contributed by atoms with Gasteiger partial charge in [0.05, 0.1) is 18.2 Å². The number of nitriles is 1. The summed E-state index contributed by atoms with van der Waals surface area (Å²) in [5.74, 6) is 1.48. The van der Waals surface area contributed by atoms with E-state index in [1.807, 2.05) is 13.0 Å². The largest absolute Gasteiger partial charge is 0.490 e. The summed E-state index contributed by atoms with van der Waals surface area (Å²) in [6.45, 7) is 3.01. The highest BCUT2D eigenvalue weighted by molar-refractivity contribution is 5.77. The molecule has 0 unspecified atom stereocenters. The molecule has 0 saturated heterocycles. The van der Waals surface area contributed by atoms with Gasteiger partial charge < -0.3 is 14.8 Å². The fraction of sp³-hybridized carbons (Fsp3) is 0.467. The molecule has 1 aromatic rings. The van der Waals surface area contributed by atoms with Crippen LogP contribution in [-0.2, 0) is 4.79 Å². The van der Waals surface area contributed by atoms with Gasteiger partial charge in [0.25, 0.3) is 5.91 Å². The van der Waals surface area contributed by atoms with Crippen LogP contribution >= 0.6 is 0 Å².